The first-order valence-electron chi connectivity index (χ1n) is 9.42. The summed E-state index contributed by atoms with van der Waals surface area (Å²) in [6.45, 7) is -0.557. The molecule has 1 heterocycles. The van der Waals surface area contributed by atoms with Crippen molar-refractivity contribution in [2.45, 2.75) is 24.6 Å². The van der Waals surface area contributed by atoms with Gasteiger partial charge in [0.05, 0.1) is 12.1 Å². The lowest BCUT2D eigenvalue weighted by molar-refractivity contribution is -0.377. The zero-order chi connectivity index (χ0) is 23.6. The molecule has 1 aromatic carbocycles. The van der Waals surface area contributed by atoms with Gasteiger partial charge in [-0.25, -0.2) is 4.98 Å². The number of halogens is 5. The van der Waals surface area contributed by atoms with Gasteiger partial charge in [-0.05, 0) is 12.0 Å². The van der Waals surface area contributed by atoms with Crippen molar-refractivity contribution in [2.24, 2.45) is 5.73 Å². The minimum Gasteiger partial charge on any atom is -0.394 e. The van der Waals surface area contributed by atoms with E-state index in [2.05, 4.69) is 4.98 Å². The van der Waals surface area contributed by atoms with E-state index in [1.165, 1.54) is 12.4 Å². The zero-order valence-electron chi connectivity index (χ0n) is 16.5. The lowest BCUT2D eigenvalue weighted by Gasteiger charge is -2.23. The highest BCUT2D eigenvalue weighted by atomic mass is 35.5. The number of rotatable bonds is 7. The Balaban J connectivity index is 1.98. The second kappa shape index (κ2) is 9.30. The Morgan fingerprint density at radius 1 is 1.19 bits per heavy atom. The number of aromatic nitrogens is 1. The molecule has 168 valence electrons. The van der Waals surface area contributed by atoms with E-state index in [4.69, 9.17) is 34.3 Å². The highest BCUT2D eigenvalue weighted by molar-refractivity contribution is 6.39. The molecule has 1 aromatic heterocycles. The molecule has 0 saturated heterocycles. The third kappa shape index (κ3) is 4.94. The second-order valence-electron chi connectivity index (χ2n) is 7.19. The maximum atomic E-state index is 13.2. The summed E-state index contributed by atoms with van der Waals surface area (Å²) in [6.07, 6.45) is -1.35. The van der Waals surface area contributed by atoms with Crippen LogP contribution < -0.4 is 16.1 Å². The summed E-state index contributed by atoms with van der Waals surface area (Å²) in [4.78, 5) is 29.8. The topological polar surface area (TPSA) is 103 Å². The molecule has 1 fully saturated rings. The minimum absolute atomic E-state index is 0.0151. The average molecular weight is 487 g/mol. The third-order valence-corrected chi connectivity index (χ3v) is 5.73. The van der Waals surface area contributed by atoms with Crippen LogP contribution in [0.4, 0.5) is 13.2 Å². The molecule has 2 atom stereocenters. The molecule has 1 aliphatic rings. The van der Waals surface area contributed by atoms with E-state index in [-0.39, 0.29) is 21.5 Å². The van der Waals surface area contributed by atoms with Gasteiger partial charge in [0.2, 0.25) is 0 Å². The van der Waals surface area contributed by atoms with Gasteiger partial charge in [0.15, 0.2) is 24.4 Å². The predicted molar refractivity (Wildman–Crippen MR) is 112 cm³/mol. The van der Waals surface area contributed by atoms with Gasteiger partial charge < -0.3 is 10.6 Å². The van der Waals surface area contributed by atoms with Gasteiger partial charge in [-0.1, -0.05) is 53.5 Å². The van der Waals surface area contributed by atoms with Gasteiger partial charge in [0.25, 0.3) is 5.91 Å². The Morgan fingerprint density at radius 3 is 2.31 bits per heavy atom. The first-order valence-corrected chi connectivity index (χ1v) is 10.2. The summed E-state index contributed by atoms with van der Waals surface area (Å²) < 4.78 is 39.5. The van der Waals surface area contributed by atoms with E-state index < -0.39 is 41.7 Å². The lowest BCUT2D eigenvalue weighted by Crippen LogP contribution is -2.44. The first-order chi connectivity index (χ1) is 15.1. The lowest BCUT2D eigenvalue weighted by atomic mass is 10.1. The molecule has 3 rings (SSSR count). The number of alkyl halides is 3. The predicted octanol–water partition coefficient (Wildman–Crippen LogP) is 1.98. The van der Waals surface area contributed by atoms with Gasteiger partial charge in [0.1, 0.15) is 21.3 Å². The number of H-pyrrole nitrogens is 1. The van der Waals surface area contributed by atoms with Gasteiger partial charge >= 0.3 is 6.18 Å². The van der Waals surface area contributed by atoms with Crippen molar-refractivity contribution in [2.75, 3.05) is 6.54 Å². The van der Waals surface area contributed by atoms with Crippen LogP contribution in [0.5, 0.6) is 0 Å². The third-order valence-electron chi connectivity index (χ3n) is 5.13. The normalized spacial score (nSPS) is 18.5. The standard InChI is InChI=1S/C21H17Cl2F3N4O2/c22-14-8-29-9-15(23)18(14)17(31)10-30(16-6-12(16)11-4-2-1-3-5-11)20(32)13(7-27)19(28)21(24,25)26/h1-5,7-9,12,16,27H,6,10,28H2/p+2/b19-13+,27-7?/t12-,16+/m1/s1. The van der Waals surface area contributed by atoms with Crippen LogP contribution in [0.25, 0.3) is 0 Å². The number of amides is 1. The van der Waals surface area contributed by atoms with Gasteiger partial charge in [-0.2, -0.15) is 13.2 Å². The van der Waals surface area contributed by atoms with Crippen LogP contribution in [0.3, 0.4) is 0 Å². The van der Waals surface area contributed by atoms with E-state index in [9.17, 15) is 22.8 Å². The molecule has 0 radical (unpaired) electrons. The molecule has 1 saturated carbocycles. The van der Waals surface area contributed by atoms with Crippen LogP contribution in [-0.2, 0) is 4.79 Å². The number of nitrogens with two attached hydrogens (primary N) is 2. The molecule has 0 unspecified atom stereocenters. The van der Waals surface area contributed by atoms with Crippen molar-refractivity contribution in [1.29, 1.82) is 0 Å². The van der Waals surface area contributed by atoms with Crippen LogP contribution in [0.2, 0.25) is 10.0 Å². The number of pyridine rings is 1. The molecule has 6 nitrogen and oxygen atoms in total. The molecular formula is C21H19Cl2F3N4O2+2. The van der Waals surface area contributed by atoms with E-state index in [0.717, 1.165) is 10.5 Å². The van der Waals surface area contributed by atoms with Crippen LogP contribution in [0, 0.1) is 0 Å². The van der Waals surface area contributed by atoms with Gasteiger partial charge in [0, 0.05) is 12.0 Å². The number of Topliss-reactive ketones (excluding diaryl/α,β-unsaturated/α-hetero) is 1. The number of allylic oxidation sites excluding steroid dienone is 1. The van der Waals surface area contributed by atoms with E-state index in [1.807, 2.05) is 30.3 Å². The van der Waals surface area contributed by atoms with E-state index in [1.54, 1.807) is 0 Å². The monoisotopic (exact) mass is 486 g/mol. The summed E-state index contributed by atoms with van der Waals surface area (Å²) in [7, 11) is 0. The summed E-state index contributed by atoms with van der Waals surface area (Å²) >= 11 is 12.1. The van der Waals surface area contributed by atoms with Crippen molar-refractivity contribution >= 4 is 41.1 Å². The van der Waals surface area contributed by atoms with Crippen LogP contribution in [0.1, 0.15) is 28.3 Å². The Bertz CT molecular complexity index is 1070. The van der Waals surface area contributed by atoms with Gasteiger partial charge in [-0.15, -0.1) is 0 Å². The maximum absolute atomic E-state index is 13.2. The number of ketones is 1. The molecule has 11 heteroatoms. The molecule has 32 heavy (non-hydrogen) atoms. The quantitative estimate of drug-likeness (QED) is 0.355. The molecular weight excluding hydrogens is 468 g/mol. The zero-order valence-corrected chi connectivity index (χ0v) is 18.0. The SMILES string of the molecule is N/C(=C(\C=[NH2+])C(=O)N(CC(=O)c1c(Cl)c[nH+]cc1Cl)[C@H]1C[C@@H]1c1ccccc1)C(F)(F)F. The van der Waals surface area contributed by atoms with Crippen molar-refractivity contribution in [1.82, 2.24) is 4.90 Å². The molecule has 1 amide bonds. The number of aromatic amines is 1. The van der Waals surface area contributed by atoms with Crippen LogP contribution in [0.15, 0.2) is 54.0 Å². The molecule has 0 aliphatic heterocycles. The first kappa shape index (κ1) is 23.7. The smallest absolute Gasteiger partial charge is 0.394 e. The Hall–Kier alpha value is -2.91. The summed E-state index contributed by atoms with van der Waals surface area (Å²) in [5.74, 6) is -1.90. The average Bonchev–Trinajstić information content (AvgIpc) is 3.53. The van der Waals surface area contributed by atoms with Gasteiger partial charge in [-0.3, -0.25) is 15.0 Å². The largest absolute Gasteiger partial charge is 0.431 e. The summed E-state index contributed by atoms with van der Waals surface area (Å²) in [6, 6.07) is 8.58. The number of nitrogens with one attached hydrogen (secondary N) is 1. The fourth-order valence-electron chi connectivity index (χ4n) is 3.45. The highest BCUT2D eigenvalue weighted by Gasteiger charge is 2.47. The molecule has 1 aliphatic carbocycles. The van der Waals surface area contributed by atoms with Crippen molar-refractivity contribution in [3.63, 3.8) is 0 Å². The highest BCUT2D eigenvalue weighted by Crippen LogP contribution is 2.45. The molecule has 0 bridgehead atoms. The number of nitrogens with zero attached hydrogens (tertiary/aromatic N) is 1. The second-order valence-corrected chi connectivity index (χ2v) is 8.01. The Labute approximate surface area is 191 Å². The number of carbonyl (C=O) groups is 2. The maximum Gasteiger partial charge on any atom is 0.431 e. The number of hydrogen-bond acceptors (Lipinski definition) is 3. The number of benzene rings is 1. The van der Waals surface area contributed by atoms with Crippen molar-refractivity contribution in [3.8, 4) is 0 Å². The van der Waals surface area contributed by atoms with Crippen molar-refractivity contribution < 1.29 is 33.2 Å². The van der Waals surface area contributed by atoms with E-state index in [0.29, 0.717) is 12.6 Å². The van der Waals surface area contributed by atoms with E-state index >= 15 is 0 Å². The minimum atomic E-state index is -4.97. The molecule has 0 spiro atoms. The number of carbonyl (C=O) groups excluding carboxylic acids is 2. The summed E-state index contributed by atoms with van der Waals surface area (Å²) in [5.41, 5.74) is 3.44. The number of hydrogen-bond donors (Lipinski definition) is 2. The van der Waals surface area contributed by atoms with Crippen LogP contribution >= 0.6 is 23.2 Å². The molecule has 2 aromatic rings. The van der Waals surface area contributed by atoms with Crippen molar-refractivity contribution in [3.05, 3.63) is 75.2 Å². The Morgan fingerprint density at radius 2 is 1.78 bits per heavy atom. The Kier molecular flexibility index (Phi) is 6.90. The molecule has 5 N–H and O–H groups in total. The fourth-order valence-corrected chi connectivity index (χ4v) is 4.04. The van der Waals surface area contributed by atoms with Crippen LogP contribution in [-0.4, -0.2) is 41.6 Å². The fraction of sp³-hybridized carbons (Fsp3) is 0.238. The summed E-state index contributed by atoms with van der Waals surface area (Å²) in [5, 5.41) is 5.35.